The van der Waals surface area contributed by atoms with Gasteiger partial charge in [-0.1, -0.05) is 0 Å². The van der Waals surface area contributed by atoms with Crippen LogP contribution in [0.2, 0.25) is 0 Å². The van der Waals surface area contributed by atoms with Gasteiger partial charge in [0, 0.05) is 18.6 Å². The molecule has 4 nitrogen and oxygen atoms in total. The molecule has 88 valence electrons. The van der Waals surface area contributed by atoms with Gasteiger partial charge in [0.05, 0.1) is 5.69 Å². The summed E-state index contributed by atoms with van der Waals surface area (Å²) in [5.74, 6) is 1.00. The van der Waals surface area contributed by atoms with E-state index < -0.39 is 0 Å². The molecule has 1 saturated heterocycles. The Labute approximate surface area is 97.1 Å². The minimum Gasteiger partial charge on any atom is -0.355 e. The molecule has 0 spiro atoms. The maximum Gasteiger partial charge on any atom is 0.151 e. The van der Waals surface area contributed by atoms with Crippen molar-refractivity contribution in [3.05, 3.63) is 17.8 Å². The fourth-order valence-corrected chi connectivity index (χ4v) is 2.04. The van der Waals surface area contributed by atoms with E-state index in [0.29, 0.717) is 0 Å². The van der Waals surface area contributed by atoms with Gasteiger partial charge >= 0.3 is 0 Å². The van der Waals surface area contributed by atoms with E-state index in [1.807, 2.05) is 20.0 Å². The summed E-state index contributed by atoms with van der Waals surface area (Å²) in [5.41, 5.74) is 1.26. The highest BCUT2D eigenvalue weighted by atomic mass is 15.3. The fraction of sp³-hybridized carbons (Fsp3) is 0.667. The molecule has 1 aliphatic rings. The van der Waals surface area contributed by atoms with Crippen LogP contribution < -0.4 is 10.2 Å². The first-order chi connectivity index (χ1) is 7.63. The molecule has 0 unspecified atom stereocenters. The zero-order valence-corrected chi connectivity index (χ0v) is 10.3. The van der Waals surface area contributed by atoms with Crippen LogP contribution in [0.4, 0.5) is 5.82 Å². The van der Waals surface area contributed by atoms with E-state index in [9.17, 15) is 0 Å². The molecule has 16 heavy (non-hydrogen) atoms. The topological polar surface area (TPSA) is 41.0 Å². The van der Waals surface area contributed by atoms with Crippen LogP contribution in [0.1, 0.15) is 25.5 Å². The van der Waals surface area contributed by atoms with Crippen LogP contribution in [-0.4, -0.2) is 35.9 Å². The lowest BCUT2D eigenvalue weighted by atomic mass is 9.90. The largest absolute Gasteiger partial charge is 0.355 e. The van der Waals surface area contributed by atoms with Crippen LogP contribution in [0.15, 0.2) is 12.1 Å². The summed E-state index contributed by atoms with van der Waals surface area (Å²) in [6, 6.07) is 4.08. The average Bonchev–Trinajstić information content (AvgIpc) is 2.32. The molecule has 0 saturated carbocycles. The Hall–Kier alpha value is -1.16. The van der Waals surface area contributed by atoms with E-state index >= 15 is 0 Å². The number of hydrogen-bond donors (Lipinski definition) is 1. The van der Waals surface area contributed by atoms with Gasteiger partial charge in [-0.25, -0.2) is 0 Å². The molecule has 1 N–H and O–H groups in total. The molecule has 1 aromatic heterocycles. The van der Waals surface area contributed by atoms with E-state index in [4.69, 9.17) is 0 Å². The van der Waals surface area contributed by atoms with Crippen LogP contribution in [0.5, 0.6) is 0 Å². The summed E-state index contributed by atoms with van der Waals surface area (Å²) in [6.07, 6.45) is 2.30. The van der Waals surface area contributed by atoms with Crippen LogP contribution in [0, 0.1) is 6.92 Å². The first-order valence-electron chi connectivity index (χ1n) is 5.87. The second kappa shape index (κ2) is 4.37. The average molecular weight is 220 g/mol. The Morgan fingerprint density at radius 2 is 1.94 bits per heavy atom. The van der Waals surface area contributed by atoms with Crippen LogP contribution in [-0.2, 0) is 0 Å². The minimum atomic E-state index is 0.286. The van der Waals surface area contributed by atoms with Crippen molar-refractivity contribution in [2.24, 2.45) is 0 Å². The zero-order valence-electron chi connectivity index (χ0n) is 10.3. The van der Waals surface area contributed by atoms with Crippen molar-refractivity contribution in [2.45, 2.75) is 32.2 Å². The van der Waals surface area contributed by atoms with Gasteiger partial charge in [-0.3, -0.25) is 0 Å². The zero-order chi connectivity index (χ0) is 11.6. The van der Waals surface area contributed by atoms with Gasteiger partial charge in [-0.15, -0.1) is 5.10 Å². The van der Waals surface area contributed by atoms with Crippen molar-refractivity contribution in [3.8, 4) is 0 Å². The van der Waals surface area contributed by atoms with Gasteiger partial charge in [0.1, 0.15) is 0 Å². The van der Waals surface area contributed by atoms with Gasteiger partial charge in [-0.2, -0.15) is 5.10 Å². The van der Waals surface area contributed by atoms with Crippen molar-refractivity contribution in [1.82, 2.24) is 15.5 Å². The number of anilines is 1. The van der Waals surface area contributed by atoms with Gasteiger partial charge in [-0.05, 0) is 45.9 Å². The SMILES string of the molecule is CNC1(C)CCN(c2ccc(C)nn2)CC1. The number of nitrogens with one attached hydrogen (secondary N) is 1. The van der Waals surface area contributed by atoms with Crippen molar-refractivity contribution in [1.29, 1.82) is 0 Å². The van der Waals surface area contributed by atoms with Crippen LogP contribution in [0.3, 0.4) is 0 Å². The predicted molar refractivity (Wildman–Crippen MR) is 65.7 cm³/mol. The van der Waals surface area contributed by atoms with E-state index in [1.165, 1.54) is 0 Å². The number of nitrogens with zero attached hydrogens (tertiary/aromatic N) is 3. The molecule has 1 fully saturated rings. The van der Waals surface area contributed by atoms with Crippen molar-refractivity contribution in [2.75, 3.05) is 25.0 Å². The smallest absolute Gasteiger partial charge is 0.151 e. The van der Waals surface area contributed by atoms with Crippen LogP contribution >= 0.6 is 0 Å². The number of aromatic nitrogens is 2. The molecule has 0 aliphatic carbocycles. The second-order valence-corrected chi connectivity index (χ2v) is 4.83. The molecule has 4 heteroatoms. The number of rotatable bonds is 2. The summed E-state index contributed by atoms with van der Waals surface area (Å²) in [5, 5.41) is 11.7. The quantitative estimate of drug-likeness (QED) is 0.817. The van der Waals surface area contributed by atoms with Crippen molar-refractivity contribution >= 4 is 5.82 Å². The maximum atomic E-state index is 4.23. The number of aryl methyl sites for hydroxylation is 1. The highest BCUT2D eigenvalue weighted by Gasteiger charge is 2.28. The first kappa shape index (κ1) is 11.3. The van der Waals surface area contributed by atoms with Crippen molar-refractivity contribution in [3.63, 3.8) is 0 Å². The Balaban J connectivity index is 2.01. The fourth-order valence-electron chi connectivity index (χ4n) is 2.04. The van der Waals surface area contributed by atoms with Gasteiger partial charge in [0.25, 0.3) is 0 Å². The molecule has 0 bridgehead atoms. The summed E-state index contributed by atoms with van der Waals surface area (Å²) in [7, 11) is 2.04. The van der Waals surface area contributed by atoms with Gasteiger partial charge in [0.2, 0.25) is 0 Å². The molecular formula is C12H20N4. The standard InChI is InChI=1S/C12H20N4/c1-10-4-5-11(15-14-10)16-8-6-12(2,13-3)7-9-16/h4-5,13H,6-9H2,1-3H3. The molecule has 1 aliphatic heterocycles. The molecule has 0 amide bonds. The Morgan fingerprint density at radius 1 is 1.25 bits per heavy atom. The summed E-state index contributed by atoms with van der Waals surface area (Å²) >= 11 is 0. The summed E-state index contributed by atoms with van der Waals surface area (Å²) in [6.45, 7) is 6.35. The third-order valence-electron chi connectivity index (χ3n) is 3.58. The number of piperidine rings is 1. The molecule has 2 heterocycles. The minimum absolute atomic E-state index is 0.286. The molecule has 1 aromatic rings. The third kappa shape index (κ3) is 2.32. The second-order valence-electron chi connectivity index (χ2n) is 4.83. The lowest BCUT2D eigenvalue weighted by Crippen LogP contribution is -2.50. The number of hydrogen-bond acceptors (Lipinski definition) is 4. The van der Waals surface area contributed by atoms with Crippen LogP contribution in [0.25, 0.3) is 0 Å². The van der Waals surface area contributed by atoms with Crippen molar-refractivity contribution < 1.29 is 0 Å². The summed E-state index contributed by atoms with van der Waals surface area (Å²) < 4.78 is 0. The van der Waals surface area contributed by atoms with E-state index in [1.54, 1.807) is 0 Å². The predicted octanol–water partition coefficient (Wildman–Crippen LogP) is 1.36. The highest BCUT2D eigenvalue weighted by Crippen LogP contribution is 2.24. The molecule has 0 aromatic carbocycles. The van der Waals surface area contributed by atoms with Gasteiger partial charge < -0.3 is 10.2 Å². The monoisotopic (exact) mass is 220 g/mol. The Bertz CT molecular complexity index is 339. The van der Waals surface area contributed by atoms with E-state index in [-0.39, 0.29) is 5.54 Å². The first-order valence-corrected chi connectivity index (χ1v) is 5.87. The van der Waals surface area contributed by atoms with E-state index in [0.717, 1.165) is 37.4 Å². The molecular weight excluding hydrogens is 200 g/mol. The van der Waals surface area contributed by atoms with Gasteiger partial charge in [0.15, 0.2) is 5.82 Å². The molecule has 0 atom stereocenters. The normalized spacial score (nSPS) is 19.8. The lowest BCUT2D eigenvalue weighted by molar-refractivity contribution is 0.304. The molecule has 2 rings (SSSR count). The summed E-state index contributed by atoms with van der Waals surface area (Å²) in [4.78, 5) is 2.31. The Morgan fingerprint density at radius 3 is 2.44 bits per heavy atom. The third-order valence-corrected chi connectivity index (χ3v) is 3.58. The lowest BCUT2D eigenvalue weighted by Gasteiger charge is -2.39. The maximum absolute atomic E-state index is 4.23. The molecule has 0 radical (unpaired) electrons. The van der Waals surface area contributed by atoms with E-state index in [2.05, 4.69) is 33.4 Å². The Kier molecular flexibility index (Phi) is 3.10. The highest BCUT2D eigenvalue weighted by molar-refractivity contribution is 5.38.